The van der Waals surface area contributed by atoms with Crippen LogP contribution in [0, 0.1) is 0 Å². The van der Waals surface area contributed by atoms with E-state index >= 15 is 0 Å². The van der Waals surface area contributed by atoms with Gasteiger partial charge in [0.2, 0.25) is 0 Å². The van der Waals surface area contributed by atoms with E-state index in [1.54, 1.807) is 12.1 Å². The number of hydrogen-bond acceptors (Lipinski definition) is 2. The molecular formula is C10H10ClF3N2O. The highest BCUT2D eigenvalue weighted by Gasteiger charge is 2.38. The standard InChI is InChI=1S/C10H9F3N2O.ClH/c11-10(12,13)9(16)15-8-2-1-6-4-14-5-7(6)3-8;/h1-3,14H,4-5H2,(H,15,16);1H. The second-order valence-corrected chi connectivity index (χ2v) is 3.54. The van der Waals surface area contributed by atoms with E-state index in [0.29, 0.717) is 13.1 Å². The minimum atomic E-state index is -4.85. The van der Waals surface area contributed by atoms with Gasteiger partial charge in [0.25, 0.3) is 0 Å². The number of hydrogen-bond donors (Lipinski definition) is 2. The molecular weight excluding hydrogens is 257 g/mol. The van der Waals surface area contributed by atoms with Gasteiger partial charge < -0.3 is 10.6 Å². The zero-order chi connectivity index (χ0) is 11.8. The largest absolute Gasteiger partial charge is 0.471 e. The minimum Gasteiger partial charge on any atom is -0.318 e. The maximum absolute atomic E-state index is 12.0. The van der Waals surface area contributed by atoms with Crippen molar-refractivity contribution in [2.75, 3.05) is 5.32 Å². The normalized spacial score (nSPS) is 13.8. The predicted octanol–water partition coefficient (Wildman–Crippen LogP) is 2.21. The van der Waals surface area contributed by atoms with Gasteiger partial charge in [-0.05, 0) is 23.3 Å². The Bertz CT molecular complexity index is 434. The highest BCUT2D eigenvalue weighted by atomic mass is 35.5. The van der Waals surface area contributed by atoms with Crippen LogP contribution in [0.2, 0.25) is 0 Å². The summed E-state index contributed by atoms with van der Waals surface area (Å²) in [4.78, 5) is 10.7. The van der Waals surface area contributed by atoms with Crippen molar-refractivity contribution in [2.24, 2.45) is 0 Å². The van der Waals surface area contributed by atoms with Crippen LogP contribution >= 0.6 is 12.4 Å². The molecule has 0 aliphatic carbocycles. The van der Waals surface area contributed by atoms with Crippen molar-refractivity contribution < 1.29 is 18.0 Å². The topological polar surface area (TPSA) is 41.1 Å². The molecule has 0 bridgehead atoms. The average molecular weight is 267 g/mol. The van der Waals surface area contributed by atoms with Crippen molar-refractivity contribution in [3.05, 3.63) is 29.3 Å². The molecule has 0 unspecified atom stereocenters. The van der Waals surface area contributed by atoms with Gasteiger partial charge in [0, 0.05) is 18.8 Å². The Balaban J connectivity index is 0.00000144. The fourth-order valence-electron chi connectivity index (χ4n) is 1.57. The Morgan fingerprint density at radius 2 is 1.88 bits per heavy atom. The number of amides is 1. The quantitative estimate of drug-likeness (QED) is 0.818. The second-order valence-electron chi connectivity index (χ2n) is 3.54. The molecule has 0 fully saturated rings. The molecule has 1 aromatic rings. The summed E-state index contributed by atoms with van der Waals surface area (Å²) in [5.41, 5.74) is 2.13. The molecule has 2 rings (SSSR count). The van der Waals surface area contributed by atoms with Crippen molar-refractivity contribution in [3.63, 3.8) is 0 Å². The summed E-state index contributed by atoms with van der Waals surface area (Å²) >= 11 is 0. The maximum Gasteiger partial charge on any atom is 0.471 e. The SMILES string of the molecule is Cl.O=C(Nc1ccc2c(c1)CNC2)C(F)(F)F. The summed E-state index contributed by atoms with van der Waals surface area (Å²) in [6, 6.07) is 4.73. The van der Waals surface area contributed by atoms with Gasteiger partial charge in [-0.25, -0.2) is 0 Å². The summed E-state index contributed by atoms with van der Waals surface area (Å²) in [6.45, 7) is 1.33. The third-order valence-corrected chi connectivity index (χ3v) is 2.35. The molecule has 1 aliphatic rings. The van der Waals surface area contributed by atoms with E-state index in [2.05, 4.69) is 5.32 Å². The molecule has 0 radical (unpaired) electrons. The molecule has 0 saturated heterocycles. The van der Waals surface area contributed by atoms with Crippen molar-refractivity contribution in [1.29, 1.82) is 0 Å². The first-order valence-corrected chi connectivity index (χ1v) is 4.67. The Morgan fingerprint density at radius 3 is 2.53 bits per heavy atom. The Hall–Kier alpha value is -1.27. The third kappa shape index (κ3) is 3.10. The first-order valence-electron chi connectivity index (χ1n) is 4.67. The highest BCUT2D eigenvalue weighted by Crippen LogP contribution is 2.22. The zero-order valence-electron chi connectivity index (χ0n) is 8.60. The van der Waals surface area contributed by atoms with Gasteiger partial charge in [0.1, 0.15) is 0 Å². The van der Waals surface area contributed by atoms with Gasteiger partial charge in [-0.2, -0.15) is 13.2 Å². The fraction of sp³-hybridized carbons (Fsp3) is 0.300. The summed E-state index contributed by atoms with van der Waals surface area (Å²) in [5.74, 6) is -1.95. The van der Waals surface area contributed by atoms with Crippen molar-refractivity contribution in [1.82, 2.24) is 5.32 Å². The van der Waals surface area contributed by atoms with Gasteiger partial charge in [0.15, 0.2) is 0 Å². The van der Waals surface area contributed by atoms with Crippen LogP contribution in [0.15, 0.2) is 18.2 Å². The first kappa shape index (κ1) is 13.8. The molecule has 1 amide bonds. The van der Waals surface area contributed by atoms with Crippen LogP contribution in [0.1, 0.15) is 11.1 Å². The van der Waals surface area contributed by atoms with E-state index in [9.17, 15) is 18.0 Å². The number of carbonyl (C=O) groups is 1. The van der Waals surface area contributed by atoms with Crippen molar-refractivity contribution in [2.45, 2.75) is 19.3 Å². The molecule has 0 spiro atoms. The van der Waals surface area contributed by atoms with Crippen LogP contribution in [-0.4, -0.2) is 12.1 Å². The number of halogens is 4. The average Bonchev–Trinajstić information content (AvgIpc) is 2.63. The molecule has 7 heteroatoms. The monoisotopic (exact) mass is 266 g/mol. The zero-order valence-corrected chi connectivity index (χ0v) is 9.41. The number of fused-ring (bicyclic) bond motifs is 1. The number of benzene rings is 1. The van der Waals surface area contributed by atoms with Gasteiger partial charge in [0.05, 0.1) is 0 Å². The van der Waals surface area contributed by atoms with Gasteiger partial charge in [-0.15, -0.1) is 12.4 Å². The molecule has 1 heterocycles. The molecule has 0 atom stereocenters. The molecule has 0 saturated carbocycles. The van der Waals surface area contributed by atoms with Crippen LogP contribution in [0.25, 0.3) is 0 Å². The van der Waals surface area contributed by atoms with Crippen LogP contribution in [0.3, 0.4) is 0 Å². The van der Waals surface area contributed by atoms with E-state index < -0.39 is 12.1 Å². The van der Waals surface area contributed by atoms with Gasteiger partial charge >= 0.3 is 12.1 Å². The van der Waals surface area contributed by atoms with E-state index in [1.807, 2.05) is 5.32 Å². The molecule has 17 heavy (non-hydrogen) atoms. The molecule has 3 nitrogen and oxygen atoms in total. The van der Waals surface area contributed by atoms with Gasteiger partial charge in [-0.3, -0.25) is 4.79 Å². The predicted molar refractivity (Wildman–Crippen MR) is 58.9 cm³/mol. The van der Waals surface area contributed by atoms with Crippen LogP contribution in [-0.2, 0) is 17.9 Å². The van der Waals surface area contributed by atoms with E-state index in [1.165, 1.54) is 6.07 Å². The molecule has 2 N–H and O–H groups in total. The summed E-state index contributed by atoms with van der Waals surface area (Å²) < 4.78 is 36.0. The molecule has 94 valence electrons. The number of nitrogens with one attached hydrogen (secondary N) is 2. The lowest BCUT2D eigenvalue weighted by Gasteiger charge is -2.08. The summed E-state index contributed by atoms with van der Waals surface area (Å²) in [5, 5.41) is 4.88. The number of rotatable bonds is 1. The fourth-order valence-corrected chi connectivity index (χ4v) is 1.57. The van der Waals surface area contributed by atoms with Crippen LogP contribution in [0.4, 0.5) is 18.9 Å². The number of carbonyl (C=O) groups excluding carboxylic acids is 1. The van der Waals surface area contributed by atoms with Crippen LogP contribution in [0.5, 0.6) is 0 Å². The first-order chi connectivity index (χ1) is 7.47. The summed E-state index contributed by atoms with van der Waals surface area (Å²) in [7, 11) is 0. The number of anilines is 1. The molecule has 1 aromatic carbocycles. The smallest absolute Gasteiger partial charge is 0.318 e. The van der Waals surface area contributed by atoms with E-state index in [0.717, 1.165) is 11.1 Å². The van der Waals surface area contributed by atoms with Crippen molar-refractivity contribution >= 4 is 24.0 Å². The third-order valence-electron chi connectivity index (χ3n) is 2.35. The van der Waals surface area contributed by atoms with E-state index in [-0.39, 0.29) is 18.1 Å². The van der Waals surface area contributed by atoms with E-state index in [4.69, 9.17) is 0 Å². The maximum atomic E-state index is 12.0. The van der Waals surface area contributed by atoms with Crippen LogP contribution < -0.4 is 10.6 Å². The minimum absolute atomic E-state index is 0. The Kier molecular flexibility index (Phi) is 4.00. The lowest BCUT2D eigenvalue weighted by atomic mass is 10.1. The van der Waals surface area contributed by atoms with Gasteiger partial charge in [-0.1, -0.05) is 6.07 Å². The lowest BCUT2D eigenvalue weighted by Crippen LogP contribution is -2.29. The summed E-state index contributed by atoms with van der Waals surface area (Å²) in [6.07, 6.45) is -4.85. The Labute approximate surface area is 102 Å². The highest BCUT2D eigenvalue weighted by molar-refractivity contribution is 5.95. The molecule has 1 aliphatic heterocycles. The van der Waals surface area contributed by atoms with Crippen molar-refractivity contribution in [3.8, 4) is 0 Å². The molecule has 0 aromatic heterocycles. The Morgan fingerprint density at radius 1 is 1.24 bits per heavy atom. The lowest BCUT2D eigenvalue weighted by molar-refractivity contribution is -0.167. The number of alkyl halides is 3. The second kappa shape index (κ2) is 4.93.